The summed E-state index contributed by atoms with van der Waals surface area (Å²) < 4.78 is 5.55. The number of nitrogens with zero attached hydrogens (tertiary/aromatic N) is 1. The van der Waals surface area contributed by atoms with Crippen molar-refractivity contribution < 1.29 is 4.74 Å². The second-order valence-corrected chi connectivity index (χ2v) is 4.93. The van der Waals surface area contributed by atoms with Crippen LogP contribution >= 0.6 is 0 Å². The van der Waals surface area contributed by atoms with Crippen molar-refractivity contribution in [2.24, 2.45) is 5.92 Å². The molecule has 0 saturated carbocycles. The van der Waals surface area contributed by atoms with E-state index in [1.165, 1.54) is 19.4 Å². The number of hydrogen-bond donors (Lipinski definition) is 0. The van der Waals surface area contributed by atoms with Gasteiger partial charge in [-0.1, -0.05) is 13.8 Å². The van der Waals surface area contributed by atoms with Gasteiger partial charge in [-0.15, -0.1) is 0 Å². The highest BCUT2D eigenvalue weighted by molar-refractivity contribution is 4.86. The van der Waals surface area contributed by atoms with E-state index in [9.17, 15) is 0 Å². The molecular formula is C11H23NO. The molecule has 0 bridgehead atoms. The van der Waals surface area contributed by atoms with Gasteiger partial charge in [0.05, 0.1) is 6.61 Å². The van der Waals surface area contributed by atoms with Gasteiger partial charge in [0.1, 0.15) is 0 Å². The van der Waals surface area contributed by atoms with Crippen LogP contribution in [0.1, 0.15) is 33.6 Å². The van der Waals surface area contributed by atoms with Crippen LogP contribution in [-0.4, -0.2) is 37.2 Å². The van der Waals surface area contributed by atoms with Gasteiger partial charge in [0, 0.05) is 18.7 Å². The molecule has 1 aliphatic heterocycles. The van der Waals surface area contributed by atoms with E-state index in [0.29, 0.717) is 0 Å². The highest BCUT2D eigenvalue weighted by atomic mass is 16.5. The second-order valence-electron chi connectivity index (χ2n) is 4.93. The van der Waals surface area contributed by atoms with Crippen molar-refractivity contribution in [1.82, 2.24) is 4.90 Å². The van der Waals surface area contributed by atoms with E-state index in [1.807, 2.05) is 0 Å². The molecule has 1 aliphatic rings. The van der Waals surface area contributed by atoms with Crippen LogP contribution in [0.5, 0.6) is 0 Å². The van der Waals surface area contributed by atoms with Gasteiger partial charge in [-0.2, -0.15) is 0 Å². The largest absolute Gasteiger partial charge is 0.380 e. The van der Waals surface area contributed by atoms with Crippen molar-refractivity contribution in [3.8, 4) is 0 Å². The topological polar surface area (TPSA) is 12.5 Å². The van der Waals surface area contributed by atoms with E-state index in [4.69, 9.17) is 4.74 Å². The molecule has 1 saturated heterocycles. The Kier molecular flexibility index (Phi) is 3.74. The molecule has 1 atom stereocenters. The Morgan fingerprint density at radius 3 is 2.62 bits per heavy atom. The summed E-state index contributed by atoms with van der Waals surface area (Å²) in [7, 11) is 2.22. The SMILES string of the molecule is CC(C)CN(C)C1(C)CCCOC1. The van der Waals surface area contributed by atoms with Gasteiger partial charge < -0.3 is 4.74 Å². The van der Waals surface area contributed by atoms with Gasteiger partial charge in [0.2, 0.25) is 0 Å². The molecule has 1 rings (SSSR count). The second kappa shape index (κ2) is 4.43. The maximum absolute atomic E-state index is 5.55. The summed E-state index contributed by atoms with van der Waals surface area (Å²) in [5.41, 5.74) is 0.280. The van der Waals surface area contributed by atoms with E-state index in [-0.39, 0.29) is 5.54 Å². The van der Waals surface area contributed by atoms with E-state index >= 15 is 0 Å². The van der Waals surface area contributed by atoms with Crippen LogP contribution < -0.4 is 0 Å². The lowest BCUT2D eigenvalue weighted by Crippen LogP contribution is -2.51. The average molecular weight is 185 g/mol. The smallest absolute Gasteiger partial charge is 0.0647 e. The minimum absolute atomic E-state index is 0.280. The van der Waals surface area contributed by atoms with Crippen molar-refractivity contribution in [3.05, 3.63) is 0 Å². The Balaban J connectivity index is 2.46. The molecule has 0 aromatic carbocycles. The van der Waals surface area contributed by atoms with Gasteiger partial charge >= 0.3 is 0 Å². The van der Waals surface area contributed by atoms with E-state index in [0.717, 1.165) is 19.1 Å². The third-order valence-corrected chi connectivity index (χ3v) is 2.98. The highest BCUT2D eigenvalue weighted by Crippen LogP contribution is 2.25. The Morgan fingerprint density at radius 1 is 1.46 bits per heavy atom. The molecule has 78 valence electrons. The summed E-state index contributed by atoms with van der Waals surface area (Å²) in [6, 6.07) is 0. The molecule has 0 aromatic rings. The monoisotopic (exact) mass is 185 g/mol. The van der Waals surface area contributed by atoms with Crippen LogP contribution in [0.25, 0.3) is 0 Å². The lowest BCUT2D eigenvalue weighted by atomic mass is 9.92. The van der Waals surface area contributed by atoms with Gasteiger partial charge in [-0.05, 0) is 32.7 Å². The molecule has 0 spiro atoms. The summed E-state index contributed by atoms with van der Waals surface area (Å²) in [6.45, 7) is 9.86. The fourth-order valence-corrected chi connectivity index (χ4v) is 1.99. The first kappa shape index (κ1) is 11.0. The first-order chi connectivity index (χ1) is 6.04. The number of hydrogen-bond acceptors (Lipinski definition) is 2. The number of ether oxygens (including phenoxy) is 1. The van der Waals surface area contributed by atoms with E-state index in [1.54, 1.807) is 0 Å². The maximum atomic E-state index is 5.55. The van der Waals surface area contributed by atoms with Crippen LogP contribution in [0.3, 0.4) is 0 Å². The minimum atomic E-state index is 0.280. The van der Waals surface area contributed by atoms with Crippen molar-refractivity contribution in [3.63, 3.8) is 0 Å². The lowest BCUT2D eigenvalue weighted by molar-refractivity contribution is -0.0325. The summed E-state index contributed by atoms with van der Waals surface area (Å²) >= 11 is 0. The molecule has 0 aliphatic carbocycles. The molecule has 0 N–H and O–H groups in total. The zero-order valence-electron chi connectivity index (χ0n) is 9.47. The minimum Gasteiger partial charge on any atom is -0.380 e. The van der Waals surface area contributed by atoms with Crippen LogP contribution in [0.4, 0.5) is 0 Å². The standard InChI is InChI=1S/C11H23NO/c1-10(2)8-12(4)11(3)6-5-7-13-9-11/h10H,5-9H2,1-4H3. The third-order valence-electron chi connectivity index (χ3n) is 2.98. The molecular weight excluding hydrogens is 162 g/mol. The van der Waals surface area contributed by atoms with Gasteiger partial charge in [-0.3, -0.25) is 4.90 Å². The van der Waals surface area contributed by atoms with Gasteiger partial charge in [-0.25, -0.2) is 0 Å². The quantitative estimate of drug-likeness (QED) is 0.668. The zero-order chi connectivity index (χ0) is 9.90. The average Bonchev–Trinajstić information content (AvgIpc) is 2.04. The Labute approximate surface area is 82.3 Å². The summed E-state index contributed by atoms with van der Waals surface area (Å²) in [5, 5.41) is 0. The van der Waals surface area contributed by atoms with Crippen molar-refractivity contribution in [2.45, 2.75) is 39.2 Å². The highest BCUT2D eigenvalue weighted by Gasteiger charge is 2.31. The fraction of sp³-hybridized carbons (Fsp3) is 1.00. The number of likely N-dealkylation sites (N-methyl/N-ethyl adjacent to an activating group) is 1. The molecule has 1 fully saturated rings. The van der Waals surface area contributed by atoms with Gasteiger partial charge in [0.25, 0.3) is 0 Å². The van der Waals surface area contributed by atoms with Crippen LogP contribution in [0.15, 0.2) is 0 Å². The first-order valence-corrected chi connectivity index (χ1v) is 5.33. The summed E-state index contributed by atoms with van der Waals surface area (Å²) in [6.07, 6.45) is 2.48. The summed E-state index contributed by atoms with van der Waals surface area (Å²) in [5.74, 6) is 0.740. The fourth-order valence-electron chi connectivity index (χ4n) is 1.99. The Bertz CT molecular complexity index is 150. The molecule has 1 unspecified atom stereocenters. The van der Waals surface area contributed by atoms with Crippen molar-refractivity contribution >= 4 is 0 Å². The molecule has 1 heterocycles. The lowest BCUT2D eigenvalue weighted by Gasteiger charge is -2.42. The molecule has 2 heteroatoms. The van der Waals surface area contributed by atoms with Crippen molar-refractivity contribution in [2.75, 3.05) is 26.8 Å². The predicted octanol–water partition coefficient (Wildman–Crippen LogP) is 2.14. The Hall–Kier alpha value is -0.0800. The van der Waals surface area contributed by atoms with Crippen LogP contribution in [0.2, 0.25) is 0 Å². The van der Waals surface area contributed by atoms with Crippen molar-refractivity contribution in [1.29, 1.82) is 0 Å². The van der Waals surface area contributed by atoms with Crippen LogP contribution in [0, 0.1) is 5.92 Å². The number of rotatable bonds is 3. The van der Waals surface area contributed by atoms with Crippen LogP contribution in [-0.2, 0) is 4.74 Å². The van der Waals surface area contributed by atoms with E-state index in [2.05, 4.69) is 32.7 Å². The first-order valence-electron chi connectivity index (χ1n) is 5.33. The molecule has 0 radical (unpaired) electrons. The van der Waals surface area contributed by atoms with E-state index < -0.39 is 0 Å². The Morgan fingerprint density at radius 2 is 2.15 bits per heavy atom. The molecule has 2 nitrogen and oxygen atoms in total. The van der Waals surface area contributed by atoms with Gasteiger partial charge in [0.15, 0.2) is 0 Å². The normalized spacial score (nSPS) is 30.0. The molecule has 0 aromatic heterocycles. The third kappa shape index (κ3) is 2.96. The maximum Gasteiger partial charge on any atom is 0.0647 e. The zero-order valence-corrected chi connectivity index (χ0v) is 9.47. The summed E-state index contributed by atoms with van der Waals surface area (Å²) in [4.78, 5) is 2.46. The predicted molar refractivity (Wildman–Crippen MR) is 55.9 cm³/mol. The molecule has 0 amide bonds. The molecule has 13 heavy (non-hydrogen) atoms.